The molecular formula is C22H22N6O5. The quantitative estimate of drug-likeness (QED) is 0.259. The zero-order valence-electron chi connectivity index (χ0n) is 17.7. The van der Waals surface area contributed by atoms with E-state index in [0.29, 0.717) is 16.8 Å². The second kappa shape index (κ2) is 11.2. The van der Waals surface area contributed by atoms with Crippen LogP contribution in [0.2, 0.25) is 0 Å². The minimum Gasteiger partial charge on any atom is -0.445 e. The molecule has 0 aliphatic heterocycles. The van der Waals surface area contributed by atoms with Gasteiger partial charge in [-0.15, -0.1) is 0 Å². The summed E-state index contributed by atoms with van der Waals surface area (Å²) in [5, 5.41) is 17.5. The van der Waals surface area contributed by atoms with Crippen molar-refractivity contribution in [2.24, 2.45) is 5.10 Å². The van der Waals surface area contributed by atoms with Crippen LogP contribution in [0.15, 0.2) is 66.2 Å². The summed E-state index contributed by atoms with van der Waals surface area (Å²) >= 11 is 0. The van der Waals surface area contributed by atoms with E-state index in [1.807, 2.05) is 30.3 Å². The first-order valence-electron chi connectivity index (χ1n) is 9.95. The Bertz CT molecular complexity index is 1130. The van der Waals surface area contributed by atoms with Crippen molar-refractivity contribution >= 4 is 23.9 Å². The number of aromatic amines is 1. The summed E-state index contributed by atoms with van der Waals surface area (Å²) in [6.45, 7) is 1.68. The van der Waals surface area contributed by atoms with Crippen molar-refractivity contribution in [2.45, 2.75) is 26.0 Å². The highest BCUT2D eigenvalue weighted by Gasteiger charge is 2.22. The van der Waals surface area contributed by atoms with Gasteiger partial charge >= 0.3 is 6.09 Å². The lowest BCUT2D eigenvalue weighted by Gasteiger charge is -2.16. The SMILES string of the molecule is Cc1ccc(/C=N\NC(=O)[C@@H](Cc2cnc[nH]2)NC(=O)OCc2ccccc2)cc1[N+](=O)[O-]. The summed E-state index contributed by atoms with van der Waals surface area (Å²) in [7, 11) is 0. The zero-order valence-corrected chi connectivity index (χ0v) is 17.7. The molecule has 170 valence electrons. The molecule has 0 radical (unpaired) electrons. The molecule has 0 fully saturated rings. The first kappa shape index (κ1) is 23.1. The molecule has 1 heterocycles. The molecule has 33 heavy (non-hydrogen) atoms. The van der Waals surface area contributed by atoms with Crippen LogP contribution < -0.4 is 10.7 Å². The van der Waals surface area contributed by atoms with Gasteiger partial charge in [-0.05, 0) is 12.5 Å². The van der Waals surface area contributed by atoms with Gasteiger partial charge in [0.05, 0.1) is 17.5 Å². The predicted octanol–water partition coefficient (Wildman–Crippen LogP) is 2.61. The van der Waals surface area contributed by atoms with Crippen molar-refractivity contribution in [1.29, 1.82) is 0 Å². The number of alkyl carbamates (subject to hydrolysis) is 1. The maximum absolute atomic E-state index is 12.7. The fourth-order valence-corrected chi connectivity index (χ4v) is 2.88. The number of nitrogens with one attached hydrogen (secondary N) is 3. The van der Waals surface area contributed by atoms with E-state index in [4.69, 9.17) is 4.74 Å². The molecule has 3 N–H and O–H groups in total. The number of amides is 2. The fourth-order valence-electron chi connectivity index (χ4n) is 2.88. The van der Waals surface area contributed by atoms with Crippen LogP contribution in [0, 0.1) is 17.0 Å². The van der Waals surface area contributed by atoms with Gasteiger partial charge in [-0.3, -0.25) is 14.9 Å². The molecule has 2 aromatic carbocycles. The smallest absolute Gasteiger partial charge is 0.408 e. The van der Waals surface area contributed by atoms with Gasteiger partial charge in [-0.2, -0.15) is 5.10 Å². The van der Waals surface area contributed by atoms with E-state index in [1.54, 1.807) is 19.1 Å². The van der Waals surface area contributed by atoms with Crippen LogP contribution in [0.1, 0.15) is 22.4 Å². The third kappa shape index (κ3) is 6.99. The van der Waals surface area contributed by atoms with Crippen molar-refractivity contribution in [3.63, 3.8) is 0 Å². The van der Waals surface area contributed by atoms with Gasteiger partial charge in [-0.25, -0.2) is 15.2 Å². The van der Waals surface area contributed by atoms with Gasteiger partial charge in [0.2, 0.25) is 0 Å². The molecule has 0 aliphatic carbocycles. The monoisotopic (exact) mass is 450 g/mol. The maximum atomic E-state index is 12.7. The van der Waals surface area contributed by atoms with Crippen molar-refractivity contribution in [1.82, 2.24) is 20.7 Å². The number of nitro groups is 1. The number of nitro benzene ring substituents is 1. The molecule has 11 nitrogen and oxygen atoms in total. The molecular weight excluding hydrogens is 428 g/mol. The average molecular weight is 450 g/mol. The Kier molecular flexibility index (Phi) is 7.84. The molecule has 3 aromatic rings. The van der Waals surface area contributed by atoms with Gasteiger partial charge in [0.25, 0.3) is 11.6 Å². The van der Waals surface area contributed by atoms with Gasteiger partial charge in [-0.1, -0.05) is 42.5 Å². The number of nitrogens with zero attached hydrogens (tertiary/aromatic N) is 3. The predicted molar refractivity (Wildman–Crippen MR) is 119 cm³/mol. The summed E-state index contributed by atoms with van der Waals surface area (Å²) in [4.78, 5) is 42.3. The van der Waals surface area contributed by atoms with Gasteiger partial charge in [0, 0.05) is 35.5 Å². The van der Waals surface area contributed by atoms with E-state index in [9.17, 15) is 19.7 Å². The van der Waals surface area contributed by atoms with Crippen molar-refractivity contribution in [3.8, 4) is 0 Å². The zero-order chi connectivity index (χ0) is 23.6. The first-order chi connectivity index (χ1) is 15.9. The first-order valence-corrected chi connectivity index (χ1v) is 9.95. The number of aromatic nitrogens is 2. The number of imidazole rings is 1. The molecule has 3 rings (SSSR count). The molecule has 0 unspecified atom stereocenters. The summed E-state index contributed by atoms with van der Waals surface area (Å²) < 4.78 is 5.19. The molecule has 11 heteroatoms. The van der Waals surface area contributed by atoms with Crippen molar-refractivity contribution < 1.29 is 19.2 Å². The maximum Gasteiger partial charge on any atom is 0.408 e. The lowest BCUT2D eigenvalue weighted by Crippen LogP contribution is -2.47. The molecule has 1 aromatic heterocycles. The number of carbonyl (C=O) groups is 2. The average Bonchev–Trinajstić information content (AvgIpc) is 3.32. The summed E-state index contributed by atoms with van der Waals surface area (Å²) in [6, 6.07) is 12.7. The molecule has 0 spiro atoms. The van der Waals surface area contributed by atoms with Crippen LogP contribution >= 0.6 is 0 Å². The van der Waals surface area contributed by atoms with Crippen LogP contribution in [0.3, 0.4) is 0 Å². The third-order valence-corrected chi connectivity index (χ3v) is 4.62. The number of hydrogen-bond acceptors (Lipinski definition) is 7. The van der Waals surface area contributed by atoms with Gasteiger partial charge in [0.1, 0.15) is 12.6 Å². The number of rotatable bonds is 9. The highest BCUT2D eigenvalue weighted by Crippen LogP contribution is 2.18. The Balaban J connectivity index is 1.62. The summed E-state index contributed by atoms with van der Waals surface area (Å²) in [5.41, 5.74) is 4.67. The van der Waals surface area contributed by atoms with Crippen LogP contribution in [-0.2, 0) is 22.6 Å². The standard InChI is InChI=1S/C22H22N6O5/c1-15-7-8-17(9-20(15)28(31)32)11-25-27-21(29)19(10-18-12-23-14-24-18)26-22(30)33-13-16-5-3-2-4-6-16/h2-9,11-12,14,19H,10,13H2,1H3,(H,23,24)(H,26,30)(H,27,29)/b25-11-/t19-/m1/s1. The largest absolute Gasteiger partial charge is 0.445 e. The van der Waals surface area contributed by atoms with Gasteiger partial charge < -0.3 is 15.0 Å². The highest BCUT2D eigenvalue weighted by atomic mass is 16.6. The molecule has 1 atom stereocenters. The molecule has 0 saturated carbocycles. The highest BCUT2D eigenvalue weighted by molar-refractivity contribution is 5.87. The topological polar surface area (TPSA) is 152 Å². The number of hydrazone groups is 1. The Hall–Kier alpha value is -4.54. The van der Waals surface area contributed by atoms with E-state index < -0.39 is 23.0 Å². The van der Waals surface area contributed by atoms with E-state index >= 15 is 0 Å². The number of hydrogen-bond donors (Lipinski definition) is 3. The number of carbonyl (C=O) groups excluding carboxylic acids is 2. The second-order valence-electron chi connectivity index (χ2n) is 7.08. The minimum absolute atomic E-state index is 0.0507. The lowest BCUT2D eigenvalue weighted by atomic mass is 10.1. The lowest BCUT2D eigenvalue weighted by molar-refractivity contribution is -0.385. The molecule has 0 bridgehead atoms. The normalized spacial score (nSPS) is 11.7. The Labute approximate surface area is 189 Å². The third-order valence-electron chi connectivity index (χ3n) is 4.62. The fraction of sp³-hybridized carbons (Fsp3) is 0.182. The Morgan fingerprint density at radius 1 is 1.27 bits per heavy atom. The Morgan fingerprint density at radius 3 is 2.76 bits per heavy atom. The summed E-state index contributed by atoms with van der Waals surface area (Å²) in [5.74, 6) is -0.598. The van der Waals surface area contributed by atoms with E-state index in [1.165, 1.54) is 24.8 Å². The number of ether oxygens (including phenoxy) is 1. The van der Waals surface area contributed by atoms with Crippen LogP contribution in [0.4, 0.5) is 10.5 Å². The molecule has 0 aliphatic rings. The van der Waals surface area contributed by atoms with Crippen molar-refractivity contribution in [2.75, 3.05) is 0 Å². The van der Waals surface area contributed by atoms with Crippen LogP contribution in [0.5, 0.6) is 0 Å². The van der Waals surface area contributed by atoms with Crippen molar-refractivity contribution in [3.05, 3.63) is 93.6 Å². The molecule has 2 amide bonds. The van der Waals surface area contributed by atoms with E-state index in [-0.39, 0.29) is 18.7 Å². The summed E-state index contributed by atoms with van der Waals surface area (Å²) in [6.07, 6.45) is 3.63. The Morgan fingerprint density at radius 2 is 2.06 bits per heavy atom. The molecule has 0 saturated heterocycles. The van der Waals surface area contributed by atoms with E-state index in [0.717, 1.165) is 5.56 Å². The minimum atomic E-state index is -1.00. The van der Waals surface area contributed by atoms with Gasteiger partial charge in [0.15, 0.2) is 0 Å². The number of aryl methyl sites for hydroxylation is 1. The second-order valence-corrected chi connectivity index (χ2v) is 7.08. The van der Waals surface area contributed by atoms with Crippen LogP contribution in [0.25, 0.3) is 0 Å². The number of H-pyrrole nitrogens is 1. The van der Waals surface area contributed by atoms with Crippen LogP contribution in [-0.4, -0.2) is 39.1 Å². The number of benzene rings is 2. The van der Waals surface area contributed by atoms with E-state index in [2.05, 4.69) is 25.8 Å².